The lowest BCUT2D eigenvalue weighted by molar-refractivity contribution is -0.152. The van der Waals surface area contributed by atoms with Crippen molar-refractivity contribution in [3.8, 4) is 11.5 Å². The van der Waals surface area contributed by atoms with Gasteiger partial charge in [0.1, 0.15) is 30.5 Å². The van der Waals surface area contributed by atoms with E-state index in [1.165, 1.54) is 13.0 Å². The number of esters is 1. The topological polar surface area (TPSA) is 73.9 Å². The molecule has 2 aromatic rings. The van der Waals surface area contributed by atoms with Crippen LogP contribution in [0, 0.1) is 11.6 Å². The van der Waals surface area contributed by atoms with Gasteiger partial charge in [-0.1, -0.05) is 12.1 Å². The molecule has 0 saturated heterocycles. The maximum Gasteiger partial charge on any atom is 0.311 e. The molecule has 2 aromatic carbocycles. The molecule has 0 aromatic heterocycles. The second kappa shape index (κ2) is 8.03. The van der Waals surface area contributed by atoms with Gasteiger partial charge in [-0.25, -0.2) is 8.78 Å². The fraction of sp³-hybridized carbons (Fsp3) is 0.263. The Morgan fingerprint density at radius 1 is 1.11 bits per heavy atom. The van der Waals surface area contributed by atoms with Crippen molar-refractivity contribution in [3.05, 3.63) is 53.6 Å². The average Bonchev–Trinajstić information content (AvgIpc) is 2.64. The number of halogens is 2. The molecule has 1 aliphatic rings. The number of benzene rings is 2. The summed E-state index contributed by atoms with van der Waals surface area (Å²) >= 11 is 0. The van der Waals surface area contributed by atoms with Gasteiger partial charge in [0.15, 0.2) is 17.6 Å². The molecule has 1 aliphatic heterocycles. The molecule has 0 bridgehead atoms. The first-order valence-electron chi connectivity index (χ1n) is 8.27. The molecule has 0 saturated carbocycles. The fourth-order valence-electron chi connectivity index (χ4n) is 2.50. The molecule has 3 rings (SSSR count). The second-order valence-electron chi connectivity index (χ2n) is 5.87. The van der Waals surface area contributed by atoms with Gasteiger partial charge in [-0.3, -0.25) is 9.59 Å². The van der Waals surface area contributed by atoms with Crippen LogP contribution in [0.3, 0.4) is 0 Å². The van der Waals surface area contributed by atoms with Crippen molar-refractivity contribution in [2.45, 2.75) is 19.4 Å². The van der Waals surface area contributed by atoms with Crippen LogP contribution in [0.1, 0.15) is 12.5 Å². The molecule has 27 heavy (non-hydrogen) atoms. The summed E-state index contributed by atoms with van der Waals surface area (Å²) < 4.78 is 43.0. The van der Waals surface area contributed by atoms with E-state index in [2.05, 4.69) is 5.32 Å². The standard InChI is InChI=1S/C19H17F2NO5/c1-11(19(24)22-18-13(20)3-2-4-14(18)21)27-17(23)10-12-5-6-15-16(9-12)26-8-7-25-15/h2-6,9,11H,7-8,10H2,1H3,(H,22,24)/t11-/m0/s1. The lowest BCUT2D eigenvalue weighted by Gasteiger charge is -2.19. The highest BCUT2D eigenvalue weighted by molar-refractivity contribution is 5.95. The van der Waals surface area contributed by atoms with Crippen LogP contribution in [0.15, 0.2) is 36.4 Å². The zero-order chi connectivity index (χ0) is 19.4. The predicted octanol–water partition coefficient (Wildman–Crippen LogP) is 2.85. The number of amides is 1. The van der Waals surface area contributed by atoms with E-state index in [0.29, 0.717) is 30.3 Å². The maximum atomic E-state index is 13.6. The van der Waals surface area contributed by atoms with Crippen molar-refractivity contribution < 1.29 is 32.6 Å². The number of rotatable bonds is 5. The summed E-state index contributed by atoms with van der Waals surface area (Å²) in [6.07, 6.45) is -1.32. The van der Waals surface area contributed by atoms with Gasteiger partial charge in [-0.05, 0) is 36.8 Å². The number of anilines is 1. The summed E-state index contributed by atoms with van der Waals surface area (Å²) in [5.74, 6) is -2.21. The highest BCUT2D eigenvalue weighted by Gasteiger charge is 2.21. The van der Waals surface area contributed by atoms with Crippen LogP contribution in [-0.2, 0) is 20.7 Å². The third-order valence-corrected chi connectivity index (χ3v) is 3.84. The molecule has 1 N–H and O–H groups in total. The van der Waals surface area contributed by atoms with Gasteiger partial charge in [-0.15, -0.1) is 0 Å². The van der Waals surface area contributed by atoms with Crippen LogP contribution >= 0.6 is 0 Å². The van der Waals surface area contributed by atoms with Gasteiger partial charge >= 0.3 is 5.97 Å². The Hall–Kier alpha value is -3.16. The summed E-state index contributed by atoms with van der Waals surface area (Å²) in [6.45, 7) is 2.20. The maximum absolute atomic E-state index is 13.6. The first-order valence-corrected chi connectivity index (χ1v) is 8.27. The molecule has 6 nitrogen and oxygen atoms in total. The second-order valence-corrected chi connectivity index (χ2v) is 5.87. The van der Waals surface area contributed by atoms with E-state index >= 15 is 0 Å². The molecule has 8 heteroatoms. The predicted molar refractivity (Wildman–Crippen MR) is 91.7 cm³/mol. The molecule has 0 aliphatic carbocycles. The molecule has 0 spiro atoms. The number of nitrogens with one attached hydrogen (secondary N) is 1. The first-order chi connectivity index (χ1) is 12.9. The molecule has 1 amide bonds. The van der Waals surface area contributed by atoms with E-state index in [-0.39, 0.29) is 6.42 Å². The van der Waals surface area contributed by atoms with Crippen LogP contribution in [0.5, 0.6) is 11.5 Å². The fourth-order valence-corrected chi connectivity index (χ4v) is 2.50. The van der Waals surface area contributed by atoms with Gasteiger partial charge < -0.3 is 19.5 Å². The summed E-state index contributed by atoms with van der Waals surface area (Å²) in [5, 5.41) is 2.09. The van der Waals surface area contributed by atoms with E-state index in [1.807, 2.05) is 0 Å². The third-order valence-electron chi connectivity index (χ3n) is 3.84. The normalized spacial score (nSPS) is 13.6. The van der Waals surface area contributed by atoms with E-state index in [9.17, 15) is 18.4 Å². The lowest BCUT2D eigenvalue weighted by Crippen LogP contribution is -2.31. The number of carbonyl (C=O) groups excluding carboxylic acids is 2. The van der Waals surface area contributed by atoms with Crippen molar-refractivity contribution in [1.82, 2.24) is 0 Å². The number of carbonyl (C=O) groups is 2. The number of ether oxygens (including phenoxy) is 3. The Balaban J connectivity index is 1.58. The highest BCUT2D eigenvalue weighted by Crippen LogP contribution is 2.31. The number of hydrogen-bond acceptors (Lipinski definition) is 5. The van der Waals surface area contributed by atoms with Gasteiger partial charge in [0.05, 0.1) is 6.42 Å². The van der Waals surface area contributed by atoms with Crippen LogP contribution in [0.4, 0.5) is 14.5 Å². The monoisotopic (exact) mass is 377 g/mol. The van der Waals surface area contributed by atoms with Gasteiger partial charge in [0.25, 0.3) is 5.91 Å². The Labute approximate surface area is 154 Å². The highest BCUT2D eigenvalue weighted by atomic mass is 19.1. The van der Waals surface area contributed by atoms with Crippen LogP contribution < -0.4 is 14.8 Å². The van der Waals surface area contributed by atoms with E-state index in [1.54, 1.807) is 18.2 Å². The summed E-state index contributed by atoms with van der Waals surface area (Å²) in [6, 6.07) is 8.24. The Morgan fingerprint density at radius 2 is 1.78 bits per heavy atom. The minimum atomic E-state index is -1.23. The van der Waals surface area contributed by atoms with Crippen molar-refractivity contribution in [2.24, 2.45) is 0 Å². The number of fused-ring (bicyclic) bond motifs is 1. The molecule has 1 atom stereocenters. The molecule has 1 heterocycles. The summed E-state index contributed by atoms with van der Waals surface area (Å²) in [4.78, 5) is 24.1. The minimum Gasteiger partial charge on any atom is -0.486 e. The first kappa shape index (κ1) is 18.6. The molecule has 0 radical (unpaired) electrons. The SMILES string of the molecule is C[C@H](OC(=O)Cc1ccc2c(c1)OCCO2)C(=O)Nc1c(F)cccc1F. The van der Waals surface area contributed by atoms with Crippen LogP contribution in [-0.4, -0.2) is 31.2 Å². The largest absolute Gasteiger partial charge is 0.486 e. The van der Waals surface area contributed by atoms with Gasteiger partial charge in [-0.2, -0.15) is 0 Å². The number of hydrogen-bond donors (Lipinski definition) is 1. The quantitative estimate of drug-likeness (QED) is 0.811. The zero-order valence-corrected chi connectivity index (χ0v) is 14.5. The van der Waals surface area contributed by atoms with Crippen LogP contribution in [0.2, 0.25) is 0 Å². The van der Waals surface area contributed by atoms with E-state index in [0.717, 1.165) is 12.1 Å². The molecular weight excluding hydrogens is 360 g/mol. The van der Waals surface area contributed by atoms with Gasteiger partial charge in [0.2, 0.25) is 0 Å². The Morgan fingerprint density at radius 3 is 2.48 bits per heavy atom. The Kier molecular flexibility index (Phi) is 5.54. The Bertz CT molecular complexity index is 851. The molecule has 0 fully saturated rings. The van der Waals surface area contributed by atoms with Gasteiger partial charge in [0, 0.05) is 0 Å². The number of para-hydroxylation sites is 1. The summed E-state index contributed by atoms with van der Waals surface area (Å²) in [7, 11) is 0. The smallest absolute Gasteiger partial charge is 0.311 e. The zero-order valence-electron chi connectivity index (χ0n) is 14.5. The molecular formula is C19H17F2NO5. The van der Waals surface area contributed by atoms with Crippen molar-refractivity contribution in [3.63, 3.8) is 0 Å². The summed E-state index contributed by atoms with van der Waals surface area (Å²) in [5.41, 5.74) is 0.0363. The van der Waals surface area contributed by atoms with Crippen molar-refractivity contribution >= 4 is 17.6 Å². The van der Waals surface area contributed by atoms with E-state index in [4.69, 9.17) is 14.2 Å². The average molecular weight is 377 g/mol. The van der Waals surface area contributed by atoms with Crippen molar-refractivity contribution in [2.75, 3.05) is 18.5 Å². The molecule has 142 valence electrons. The third kappa shape index (κ3) is 4.52. The van der Waals surface area contributed by atoms with E-state index < -0.39 is 35.3 Å². The molecule has 0 unspecified atom stereocenters. The van der Waals surface area contributed by atoms with Crippen LogP contribution in [0.25, 0.3) is 0 Å². The van der Waals surface area contributed by atoms with Crippen molar-refractivity contribution in [1.29, 1.82) is 0 Å². The lowest BCUT2D eigenvalue weighted by atomic mass is 10.1. The minimum absolute atomic E-state index is 0.0949.